The summed E-state index contributed by atoms with van der Waals surface area (Å²) < 4.78 is 1.77. The van der Waals surface area contributed by atoms with Gasteiger partial charge in [-0.05, 0) is 48.7 Å². The summed E-state index contributed by atoms with van der Waals surface area (Å²) in [5.74, 6) is -0.0673. The van der Waals surface area contributed by atoms with E-state index in [4.69, 9.17) is 5.11 Å². The minimum absolute atomic E-state index is 0.0725. The van der Waals surface area contributed by atoms with Crippen molar-refractivity contribution < 1.29 is 14.7 Å². The minimum Gasteiger partial charge on any atom is -0.481 e. The molecule has 0 unspecified atom stereocenters. The van der Waals surface area contributed by atoms with Crippen molar-refractivity contribution in [3.63, 3.8) is 0 Å². The number of rotatable bonds is 4. The number of carbonyl (C=O) groups is 2. The van der Waals surface area contributed by atoms with Gasteiger partial charge in [0.15, 0.2) is 0 Å². The Kier molecular flexibility index (Phi) is 4.80. The van der Waals surface area contributed by atoms with Crippen LogP contribution in [0, 0.1) is 6.92 Å². The van der Waals surface area contributed by atoms with E-state index in [0.717, 1.165) is 33.9 Å². The monoisotopic (exact) mass is 390 g/mol. The zero-order chi connectivity index (χ0) is 20.5. The molecule has 0 fully saturated rings. The smallest absolute Gasteiger partial charge is 0.303 e. The second kappa shape index (κ2) is 7.43. The first-order chi connectivity index (χ1) is 13.9. The number of benzene rings is 2. The van der Waals surface area contributed by atoms with Crippen LogP contribution in [-0.2, 0) is 24.8 Å². The topological polar surface area (TPSA) is 87.5 Å². The molecule has 4 rings (SSSR count). The summed E-state index contributed by atoms with van der Waals surface area (Å²) >= 11 is 0. The van der Waals surface area contributed by atoms with Crippen LogP contribution in [0.1, 0.15) is 33.5 Å². The number of fused-ring (bicyclic) bond motifs is 2. The molecule has 1 aliphatic heterocycles. The van der Waals surface area contributed by atoms with Crippen LogP contribution >= 0.6 is 0 Å². The molecule has 0 aliphatic carbocycles. The highest BCUT2D eigenvalue weighted by Crippen LogP contribution is 2.36. The van der Waals surface area contributed by atoms with E-state index in [1.165, 1.54) is 0 Å². The van der Waals surface area contributed by atoms with Crippen LogP contribution in [0.5, 0.6) is 0 Å². The molecule has 3 aromatic rings. The molecule has 0 saturated heterocycles. The molecule has 1 amide bonds. The van der Waals surface area contributed by atoms with Crippen LogP contribution in [0.4, 0.5) is 17.2 Å². The van der Waals surface area contributed by atoms with Gasteiger partial charge in [-0.1, -0.05) is 18.2 Å². The Morgan fingerprint density at radius 1 is 1.21 bits per heavy atom. The van der Waals surface area contributed by atoms with E-state index >= 15 is 0 Å². The molecule has 2 aromatic carbocycles. The van der Waals surface area contributed by atoms with Gasteiger partial charge in [-0.3, -0.25) is 14.3 Å². The van der Waals surface area contributed by atoms with Crippen molar-refractivity contribution in [3.8, 4) is 0 Å². The molecule has 29 heavy (non-hydrogen) atoms. The van der Waals surface area contributed by atoms with E-state index in [1.54, 1.807) is 21.8 Å². The first-order valence-electron chi connectivity index (χ1n) is 9.44. The average molecular weight is 390 g/mol. The number of carboxylic acid groups (broad SMARTS) is 1. The maximum Gasteiger partial charge on any atom is 0.303 e. The quantitative estimate of drug-likeness (QED) is 0.710. The maximum absolute atomic E-state index is 13.4. The Bertz CT molecular complexity index is 1100. The molecule has 1 aromatic heterocycles. The number of anilines is 3. The number of aliphatic carboxylic acids is 1. The van der Waals surface area contributed by atoms with Crippen LogP contribution in [0.15, 0.2) is 48.7 Å². The number of aromatic nitrogens is 2. The lowest BCUT2D eigenvalue weighted by Crippen LogP contribution is -2.30. The van der Waals surface area contributed by atoms with Crippen LogP contribution in [0.2, 0.25) is 0 Å². The summed E-state index contributed by atoms with van der Waals surface area (Å²) in [5.41, 5.74) is 5.02. The predicted molar refractivity (Wildman–Crippen MR) is 111 cm³/mol. The second-order valence-corrected chi connectivity index (χ2v) is 7.21. The van der Waals surface area contributed by atoms with Crippen molar-refractivity contribution in [2.45, 2.75) is 26.3 Å². The van der Waals surface area contributed by atoms with Gasteiger partial charge in [-0.2, -0.15) is 5.10 Å². The van der Waals surface area contributed by atoms with Crippen molar-refractivity contribution in [1.29, 1.82) is 0 Å². The standard InChI is InChI=1S/C22H22N4O3/c1-14-11-16(8-7-15(14)9-10-20(27)28)22(29)26-13-17-12-23-25(2)21(17)24-18-5-3-4-6-19(18)26/h3-8,11-12,24H,9-10,13H2,1-2H3,(H,27,28). The van der Waals surface area contributed by atoms with E-state index in [9.17, 15) is 9.59 Å². The third kappa shape index (κ3) is 3.59. The molecule has 7 nitrogen and oxygen atoms in total. The lowest BCUT2D eigenvalue weighted by atomic mass is 10.0. The van der Waals surface area contributed by atoms with Crippen molar-refractivity contribution in [1.82, 2.24) is 9.78 Å². The summed E-state index contributed by atoms with van der Waals surface area (Å²) in [4.78, 5) is 26.0. The Labute approximate surface area is 168 Å². The van der Waals surface area contributed by atoms with Crippen molar-refractivity contribution in [2.75, 3.05) is 10.2 Å². The van der Waals surface area contributed by atoms with Gasteiger partial charge in [0, 0.05) is 24.6 Å². The van der Waals surface area contributed by atoms with E-state index in [1.807, 2.05) is 50.4 Å². The number of nitrogens with one attached hydrogen (secondary N) is 1. The summed E-state index contributed by atoms with van der Waals surface area (Å²) in [6.45, 7) is 2.32. The maximum atomic E-state index is 13.4. The Hall–Kier alpha value is -3.61. The number of amides is 1. The van der Waals surface area contributed by atoms with E-state index in [2.05, 4.69) is 10.4 Å². The molecule has 0 spiro atoms. The molecule has 0 radical (unpaired) electrons. The first-order valence-corrected chi connectivity index (χ1v) is 9.44. The zero-order valence-corrected chi connectivity index (χ0v) is 16.3. The summed E-state index contributed by atoms with van der Waals surface area (Å²) in [6.07, 6.45) is 2.29. The second-order valence-electron chi connectivity index (χ2n) is 7.21. The molecular weight excluding hydrogens is 368 g/mol. The fraction of sp³-hybridized carbons (Fsp3) is 0.227. The zero-order valence-electron chi connectivity index (χ0n) is 16.3. The summed E-state index contributed by atoms with van der Waals surface area (Å²) in [7, 11) is 1.87. The highest BCUT2D eigenvalue weighted by atomic mass is 16.4. The van der Waals surface area contributed by atoms with Gasteiger partial charge in [0.25, 0.3) is 5.91 Å². The van der Waals surface area contributed by atoms with E-state index < -0.39 is 5.97 Å². The van der Waals surface area contributed by atoms with Gasteiger partial charge in [0.2, 0.25) is 0 Å². The number of carbonyl (C=O) groups excluding carboxylic acids is 1. The van der Waals surface area contributed by atoms with Crippen molar-refractivity contribution in [3.05, 3.63) is 70.9 Å². The number of hydrogen-bond acceptors (Lipinski definition) is 4. The van der Waals surface area contributed by atoms with E-state index in [0.29, 0.717) is 18.5 Å². The van der Waals surface area contributed by atoms with Crippen LogP contribution < -0.4 is 10.2 Å². The lowest BCUT2D eigenvalue weighted by molar-refractivity contribution is -0.136. The van der Waals surface area contributed by atoms with Gasteiger partial charge in [0.05, 0.1) is 24.1 Å². The highest BCUT2D eigenvalue weighted by molar-refractivity contribution is 6.08. The fourth-order valence-corrected chi connectivity index (χ4v) is 3.65. The molecule has 0 atom stereocenters. The third-order valence-corrected chi connectivity index (χ3v) is 5.23. The van der Waals surface area contributed by atoms with Gasteiger partial charge < -0.3 is 15.3 Å². The first kappa shape index (κ1) is 18.7. The van der Waals surface area contributed by atoms with Gasteiger partial charge in [-0.25, -0.2) is 0 Å². The van der Waals surface area contributed by atoms with Crippen LogP contribution in [-0.4, -0.2) is 26.8 Å². The van der Waals surface area contributed by atoms with Crippen molar-refractivity contribution >= 4 is 29.1 Å². The third-order valence-electron chi connectivity index (χ3n) is 5.23. The molecule has 0 saturated carbocycles. The number of hydrogen-bond donors (Lipinski definition) is 2. The molecule has 7 heteroatoms. The van der Waals surface area contributed by atoms with Gasteiger partial charge in [-0.15, -0.1) is 0 Å². The number of carboxylic acids is 1. The molecule has 0 bridgehead atoms. The SMILES string of the molecule is Cc1cc(C(=O)N2Cc3cnn(C)c3Nc3ccccc32)ccc1CCC(=O)O. The fourth-order valence-electron chi connectivity index (χ4n) is 3.65. The van der Waals surface area contributed by atoms with Gasteiger partial charge >= 0.3 is 5.97 Å². The van der Waals surface area contributed by atoms with Crippen LogP contribution in [0.3, 0.4) is 0 Å². The van der Waals surface area contributed by atoms with Crippen LogP contribution in [0.25, 0.3) is 0 Å². The highest BCUT2D eigenvalue weighted by Gasteiger charge is 2.26. The normalized spacial score (nSPS) is 12.6. The Morgan fingerprint density at radius 2 is 2.00 bits per heavy atom. The minimum atomic E-state index is -0.828. The lowest BCUT2D eigenvalue weighted by Gasteiger charge is -2.23. The molecule has 2 heterocycles. The molecule has 1 aliphatic rings. The average Bonchev–Trinajstić information content (AvgIpc) is 2.95. The summed E-state index contributed by atoms with van der Waals surface area (Å²) in [6, 6.07) is 13.2. The number of aryl methyl sites for hydroxylation is 3. The number of para-hydroxylation sites is 2. The summed E-state index contributed by atoms with van der Waals surface area (Å²) in [5, 5.41) is 16.6. The van der Waals surface area contributed by atoms with Crippen molar-refractivity contribution in [2.24, 2.45) is 7.05 Å². The molecular formula is C22H22N4O3. The predicted octanol–water partition coefficient (Wildman–Crippen LogP) is 3.65. The Balaban J connectivity index is 1.69. The molecule has 2 N–H and O–H groups in total. The largest absolute Gasteiger partial charge is 0.481 e. The molecule has 148 valence electrons. The van der Waals surface area contributed by atoms with E-state index in [-0.39, 0.29) is 12.3 Å². The Morgan fingerprint density at radius 3 is 2.76 bits per heavy atom. The van der Waals surface area contributed by atoms with Gasteiger partial charge in [0.1, 0.15) is 5.82 Å². The number of nitrogens with zero attached hydrogens (tertiary/aromatic N) is 3.